The highest BCUT2D eigenvalue weighted by Crippen LogP contribution is 2.16. The third kappa shape index (κ3) is 10.6. The molecule has 10 heteroatoms. The van der Waals surface area contributed by atoms with Crippen molar-refractivity contribution in [3.8, 4) is 0 Å². The molecule has 1 fully saturated rings. The molecule has 0 atom stereocenters. The molecule has 0 aromatic heterocycles. The van der Waals surface area contributed by atoms with Crippen LogP contribution in [0.3, 0.4) is 0 Å². The molecule has 0 radical (unpaired) electrons. The van der Waals surface area contributed by atoms with Crippen LogP contribution in [0, 0.1) is 0 Å². The topological polar surface area (TPSA) is 134 Å². The lowest BCUT2D eigenvalue weighted by molar-refractivity contribution is -0.117. The molecule has 1 aliphatic heterocycles. The van der Waals surface area contributed by atoms with Crippen molar-refractivity contribution in [2.75, 3.05) is 38.0 Å². The SMILES string of the molecule is CC(C)(C)OC(=O)N1CCN(C(=O)c2cccc(NC(=O)NCC(N)=O)c2)CC1.CCc1ccccc1. The summed E-state index contributed by atoms with van der Waals surface area (Å²) in [5.74, 6) is -0.857. The summed E-state index contributed by atoms with van der Waals surface area (Å²) >= 11 is 0. The number of hydrogen-bond acceptors (Lipinski definition) is 5. The minimum Gasteiger partial charge on any atom is -0.444 e. The molecule has 3 rings (SSSR count). The summed E-state index contributed by atoms with van der Waals surface area (Å²) in [5, 5.41) is 4.85. The third-order valence-electron chi connectivity index (χ3n) is 5.26. The first-order valence-corrected chi connectivity index (χ1v) is 12.2. The molecule has 1 aliphatic rings. The fraction of sp³-hybridized carbons (Fsp3) is 0.407. The van der Waals surface area contributed by atoms with Crippen LogP contribution in [0.1, 0.15) is 43.6 Å². The van der Waals surface area contributed by atoms with Crippen molar-refractivity contribution in [2.45, 2.75) is 39.7 Å². The third-order valence-corrected chi connectivity index (χ3v) is 5.26. The lowest BCUT2D eigenvalue weighted by Gasteiger charge is -2.35. The standard InChI is InChI=1S/C19H27N5O5.C8H10/c1-19(2,3)29-18(28)24-9-7-23(8-10-24)16(26)13-5-4-6-14(11-13)22-17(27)21-12-15(20)25;1-2-8-6-4-3-5-7-8/h4-6,11H,7-10,12H2,1-3H3,(H2,20,25)(H2,21,22,27);3-7H,2H2,1H3. The average Bonchev–Trinajstić information content (AvgIpc) is 2.87. The molecule has 2 aromatic carbocycles. The minimum atomic E-state index is -0.658. The summed E-state index contributed by atoms with van der Waals surface area (Å²) in [6.45, 7) is 8.83. The van der Waals surface area contributed by atoms with Gasteiger partial charge in [0.2, 0.25) is 5.91 Å². The van der Waals surface area contributed by atoms with Gasteiger partial charge >= 0.3 is 12.1 Å². The molecule has 1 saturated heterocycles. The van der Waals surface area contributed by atoms with Crippen molar-refractivity contribution >= 4 is 29.6 Å². The Hall–Kier alpha value is -4.08. The van der Waals surface area contributed by atoms with Gasteiger partial charge in [-0.1, -0.05) is 43.3 Å². The van der Waals surface area contributed by atoms with Crippen LogP contribution in [0.25, 0.3) is 0 Å². The van der Waals surface area contributed by atoms with Crippen LogP contribution < -0.4 is 16.4 Å². The largest absolute Gasteiger partial charge is 0.444 e. The first kappa shape index (κ1) is 29.2. The normalized spacial score (nSPS) is 13.1. The first-order valence-electron chi connectivity index (χ1n) is 12.2. The van der Waals surface area contributed by atoms with E-state index in [-0.39, 0.29) is 12.5 Å². The van der Waals surface area contributed by atoms with Gasteiger partial charge in [-0.15, -0.1) is 0 Å². The number of carbonyl (C=O) groups is 4. The summed E-state index contributed by atoms with van der Waals surface area (Å²) in [6.07, 6.45) is 0.749. The summed E-state index contributed by atoms with van der Waals surface area (Å²) in [7, 11) is 0. The van der Waals surface area contributed by atoms with Crippen LogP contribution in [0.15, 0.2) is 54.6 Å². The van der Waals surface area contributed by atoms with Crippen LogP contribution in [0.2, 0.25) is 0 Å². The monoisotopic (exact) mass is 511 g/mol. The Morgan fingerprint density at radius 3 is 2.08 bits per heavy atom. The minimum absolute atomic E-state index is 0.199. The summed E-state index contributed by atoms with van der Waals surface area (Å²) < 4.78 is 5.35. The zero-order valence-electron chi connectivity index (χ0n) is 22.0. The van der Waals surface area contributed by atoms with Gasteiger partial charge in [-0.25, -0.2) is 9.59 Å². The number of hydrogen-bond donors (Lipinski definition) is 3. The van der Waals surface area contributed by atoms with E-state index in [2.05, 4.69) is 41.8 Å². The van der Waals surface area contributed by atoms with E-state index in [9.17, 15) is 19.2 Å². The van der Waals surface area contributed by atoms with E-state index in [0.717, 1.165) is 6.42 Å². The number of amides is 5. The molecule has 5 amide bonds. The van der Waals surface area contributed by atoms with Gasteiger partial charge in [0.1, 0.15) is 5.60 Å². The van der Waals surface area contributed by atoms with Crippen molar-refractivity contribution < 1.29 is 23.9 Å². The highest BCUT2D eigenvalue weighted by Gasteiger charge is 2.28. The molecule has 0 aliphatic carbocycles. The fourth-order valence-electron chi connectivity index (χ4n) is 3.39. The lowest BCUT2D eigenvalue weighted by atomic mass is 10.1. The maximum atomic E-state index is 12.8. The van der Waals surface area contributed by atoms with E-state index < -0.39 is 23.6 Å². The van der Waals surface area contributed by atoms with Crippen LogP contribution in [0.5, 0.6) is 0 Å². The zero-order chi connectivity index (χ0) is 27.4. The Kier molecular flexibility index (Phi) is 10.9. The van der Waals surface area contributed by atoms with Gasteiger partial charge in [-0.3, -0.25) is 9.59 Å². The maximum absolute atomic E-state index is 12.8. The van der Waals surface area contributed by atoms with Gasteiger partial charge in [0.15, 0.2) is 0 Å². The molecule has 0 spiro atoms. The molecular weight excluding hydrogens is 474 g/mol. The molecule has 2 aromatic rings. The maximum Gasteiger partial charge on any atom is 0.410 e. The number of anilines is 1. The number of ether oxygens (including phenoxy) is 1. The Balaban J connectivity index is 0.000000510. The predicted octanol–water partition coefficient (Wildman–Crippen LogP) is 3.24. The number of primary amides is 1. The van der Waals surface area contributed by atoms with Gasteiger partial charge in [0, 0.05) is 37.4 Å². The summed E-state index contributed by atoms with van der Waals surface area (Å²) in [6, 6.07) is 16.3. The van der Waals surface area contributed by atoms with Crippen LogP contribution in [-0.2, 0) is 16.0 Å². The highest BCUT2D eigenvalue weighted by molar-refractivity contribution is 5.97. The van der Waals surface area contributed by atoms with E-state index in [1.165, 1.54) is 5.56 Å². The number of nitrogens with zero attached hydrogens (tertiary/aromatic N) is 2. The molecule has 37 heavy (non-hydrogen) atoms. The van der Waals surface area contributed by atoms with Crippen LogP contribution >= 0.6 is 0 Å². The number of nitrogens with one attached hydrogen (secondary N) is 2. The molecule has 0 unspecified atom stereocenters. The summed E-state index contributed by atoms with van der Waals surface area (Å²) in [5.41, 5.74) is 6.63. The predicted molar refractivity (Wildman–Crippen MR) is 142 cm³/mol. The zero-order valence-corrected chi connectivity index (χ0v) is 22.0. The van der Waals surface area contributed by atoms with Gasteiger partial charge in [-0.2, -0.15) is 0 Å². The lowest BCUT2D eigenvalue weighted by Crippen LogP contribution is -2.51. The highest BCUT2D eigenvalue weighted by atomic mass is 16.6. The molecule has 200 valence electrons. The van der Waals surface area contributed by atoms with Gasteiger partial charge in [0.25, 0.3) is 5.91 Å². The second-order valence-corrected chi connectivity index (χ2v) is 9.45. The van der Waals surface area contributed by atoms with Crippen LogP contribution in [-0.4, -0.2) is 72.1 Å². The van der Waals surface area contributed by atoms with Crippen molar-refractivity contribution in [3.63, 3.8) is 0 Å². The Morgan fingerprint density at radius 2 is 1.54 bits per heavy atom. The summed E-state index contributed by atoms with van der Waals surface area (Å²) in [4.78, 5) is 50.5. The Labute approximate surface area is 218 Å². The van der Waals surface area contributed by atoms with E-state index in [1.54, 1.807) is 54.8 Å². The van der Waals surface area contributed by atoms with Gasteiger partial charge < -0.3 is 30.9 Å². The molecule has 10 nitrogen and oxygen atoms in total. The first-order chi connectivity index (χ1) is 17.5. The number of nitrogens with two attached hydrogens (primary N) is 1. The molecular formula is C27H37N5O5. The van der Waals surface area contributed by atoms with Crippen molar-refractivity contribution in [1.82, 2.24) is 15.1 Å². The van der Waals surface area contributed by atoms with E-state index in [4.69, 9.17) is 10.5 Å². The number of piperazine rings is 1. The van der Waals surface area contributed by atoms with E-state index >= 15 is 0 Å². The van der Waals surface area contributed by atoms with Crippen molar-refractivity contribution in [1.29, 1.82) is 0 Å². The fourth-order valence-corrected chi connectivity index (χ4v) is 3.39. The quantitative estimate of drug-likeness (QED) is 0.567. The molecule has 0 saturated carbocycles. The van der Waals surface area contributed by atoms with Gasteiger partial charge in [0.05, 0.1) is 6.54 Å². The van der Waals surface area contributed by atoms with Crippen LogP contribution in [0.4, 0.5) is 15.3 Å². The Morgan fingerprint density at radius 1 is 0.919 bits per heavy atom. The molecule has 0 bridgehead atoms. The van der Waals surface area contributed by atoms with E-state index in [0.29, 0.717) is 37.4 Å². The number of urea groups is 1. The number of rotatable bonds is 5. The average molecular weight is 512 g/mol. The van der Waals surface area contributed by atoms with Crippen molar-refractivity contribution in [3.05, 3.63) is 65.7 Å². The van der Waals surface area contributed by atoms with Gasteiger partial charge in [-0.05, 0) is 51.0 Å². The molecule has 1 heterocycles. The number of carbonyl (C=O) groups excluding carboxylic acids is 4. The number of aryl methyl sites for hydroxylation is 1. The molecule has 4 N–H and O–H groups in total. The second-order valence-electron chi connectivity index (χ2n) is 9.45. The van der Waals surface area contributed by atoms with E-state index in [1.807, 2.05) is 6.07 Å². The van der Waals surface area contributed by atoms with Crippen molar-refractivity contribution in [2.24, 2.45) is 5.73 Å². The smallest absolute Gasteiger partial charge is 0.410 e. The number of benzene rings is 2. The Bertz CT molecular complexity index is 1060. The second kappa shape index (κ2) is 13.9.